The average molecular weight is 372 g/mol. The first-order valence-corrected chi connectivity index (χ1v) is 5.71. The molecule has 19 heavy (non-hydrogen) atoms. The van der Waals surface area contributed by atoms with E-state index in [1.165, 1.54) is 0 Å². The minimum absolute atomic E-state index is 0. The summed E-state index contributed by atoms with van der Waals surface area (Å²) in [6, 6.07) is 9.82. The Morgan fingerprint density at radius 3 is 2.68 bits per heavy atom. The van der Waals surface area contributed by atoms with Crippen molar-refractivity contribution < 1.29 is 4.42 Å². The Morgan fingerprint density at radius 2 is 2.05 bits per heavy atom. The summed E-state index contributed by atoms with van der Waals surface area (Å²) in [7, 11) is 3.53. The van der Waals surface area contributed by atoms with Crippen molar-refractivity contribution in [1.82, 2.24) is 15.6 Å². The number of aliphatic imine (C=N–C) groups is 1. The largest absolute Gasteiger partial charge is 0.444 e. The maximum Gasteiger partial charge on any atom is 0.226 e. The van der Waals surface area contributed by atoms with Crippen LogP contribution in [0.3, 0.4) is 0 Å². The van der Waals surface area contributed by atoms with Gasteiger partial charge in [0.1, 0.15) is 6.26 Å². The Kier molecular flexibility index (Phi) is 6.34. The molecule has 1 aromatic carbocycles. The van der Waals surface area contributed by atoms with E-state index in [0.29, 0.717) is 12.4 Å². The second kappa shape index (κ2) is 7.78. The number of hydrogen-bond donors (Lipinski definition) is 2. The molecule has 6 heteroatoms. The highest BCUT2D eigenvalue weighted by Gasteiger charge is 2.06. The molecule has 2 rings (SSSR count). The molecule has 0 unspecified atom stereocenters. The van der Waals surface area contributed by atoms with Gasteiger partial charge in [0.15, 0.2) is 5.96 Å². The van der Waals surface area contributed by atoms with Crippen LogP contribution in [0.1, 0.15) is 5.69 Å². The van der Waals surface area contributed by atoms with Crippen LogP contribution < -0.4 is 10.6 Å². The van der Waals surface area contributed by atoms with Crippen LogP contribution in [0.5, 0.6) is 0 Å². The van der Waals surface area contributed by atoms with E-state index in [9.17, 15) is 0 Å². The highest BCUT2D eigenvalue weighted by molar-refractivity contribution is 14.0. The number of aromatic nitrogens is 1. The summed E-state index contributed by atoms with van der Waals surface area (Å²) in [5, 5.41) is 6.06. The maximum absolute atomic E-state index is 5.44. The van der Waals surface area contributed by atoms with Crippen LogP contribution in [-0.2, 0) is 6.54 Å². The molecule has 5 nitrogen and oxygen atoms in total. The van der Waals surface area contributed by atoms with Gasteiger partial charge in [0.25, 0.3) is 0 Å². The van der Waals surface area contributed by atoms with Gasteiger partial charge in [-0.2, -0.15) is 0 Å². The number of oxazole rings is 1. The number of benzene rings is 1. The summed E-state index contributed by atoms with van der Waals surface area (Å²) in [5.41, 5.74) is 1.81. The summed E-state index contributed by atoms with van der Waals surface area (Å²) < 4.78 is 5.44. The molecule has 1 heterocycles. The number of halogens is 1. The van der Waals surface area contributed by atoms with E-state index in [-0.39, 0.29) is 24.0 Å². The summed E-state index contributed by atoms with van der Waals surface area (Å²) in [4.78, 5) is 8.43. The summed E-state index contributed by atoms with van der Waals surface area (Å²) in [5.74, 6) is 1.35. The van der Waals surface area contributed by atoms with Crippen molar-refractivity contribution in [3.63, 3.8) is 0 Å². The third-order valence-electron chi connectivity index (χ3n) is 2.47. The number of hydrogen-bond acceptors (Lipinski definition) is 3. The highest BCUT2D eigenvalue weighted by atomic mass is 127. The van der Waals surface area contributed by atoms with E-state index in [4.69, 9.17) is 4.42 Å². The normalized spacial score (nSPS) is 10.7. The molecule has 0 bridgehead atoms. The minimum atomic E-state index is 0. The fourth-order valence-corrected chi connectivity index (χ4v) is 1.56. The quantitative estimate of drug-likeness (QED) is 0.493. The van der Waals surface area contributed by atoms with E-state index >= 15 is 0 Å². The Bertz CT molecular complexity index is 524. The molecule has 0 saturated carbocycles. The lowest BCUT2D eigenvalue weighted by atomic mass is 10.2. The SMILES string of the molecule is CN=C(NC)NCc1coc(-c2ccccc2)n1.I. The second-order valence-corrected chi connectivity index (χ2v) is 3.69. The van der Waals surface area contributed by atoms with Gasteiger partial charge in [0.05, 0.1) is 12.2 Å². The van der Waals surface area contributed by atoms with Crippen LogP contribution in [0.15, 0.2) is 46.0 Å². The van der Waals surface area contributed by atoms with Crippen LogP contribution in [0.2, 0.25) is 0 Å². The Hall–Kier alpha value is -1.57. The smallest absolute Gasteiger partial charge is 0.226 e. The van der Waals surface area contributed by atoms with E-state index in [1.54, 1.807) is 13.3 Å². The zero-order valence-electron chi connectivity index (χ0n) is 10.9. The van der Waals surface area contributed by atoms with Crippen LogP contribution in [0, 0.1) is 0 Å². The van der Waals surface area contributed by atoms with Crippen molar-refractivity contribution in [2.24, 2.45) is 4.99 Å². The van der Waals surface area contributed by atoms with E-state index in [1.807, 2.05) is 37.4 Å². The summed E-state index contributed by atoms with van der Waals surface area (Å²) in [6.07, 6.45) is 1.65. The molecule has 0 fully saturated rings. The molecule has 0 aliphatic carbocycles. The van der Waals surface area contributed by atoms with Crippen LogP contribution in [0.4, 0.5) is 0 Å². The zero-order valence-corrected chi connectivity index (χ0v) is 13.2. The lowest BCUT2D eigenvalue weighted by molar-refractivity contribution is 0.572. The van der Waals surface area contributed by atoms with Crippen molar-refractivity contribution in [3.05, 3.63) is 42.3 Å². The monoisotopic (exact) mass is 372 g/mol. The molecule has 102 valence electrons. The molecule has 0 saturated heterocycles. The molecule has 1 aromatic heterocycles. The molecule has 2 N–H and O–H groups in total. The van der Waals surface area contributed by atoms with Gasteiger partial charge in [0, 0.05) is 19.7 Å². The Morgan fingerprint density at radius 1 is 1.32 bits per heavy atom. The third kappa shape index (κ3) is 4.23. The standard InChI is InChI=1S/C13H16N4O.HI/c1-14-13(15-2)16-8-11-9-18-12(17-11)10-6-4-3-5-7-10;/h3-7,9H,8H2,1-2H3,(H2,14,15,16);1H. The fraction of sp³-hybridized carbons (Fsp3) is 0.231. The van der Waals surface area contributed by atoms with Crippen LogP contribution in [0.25, 0.3) is 11.5 Å². The van der Waals surface area contributed by atoms with Gasteiger partial charge in [-0.05, 0) is 12.1 Å². The van der Waals surface area contributed by atoms with Crippen molar-refractivity contribution in [2.75, 3.05) is 14.1 Å². The summed E-state index contributed by atoms with van der Waals surface area (Å²) >= 11 is 0. The molecule has 0 amide bonds. The number of rotatable bonds is 3. The first kappa shape index (κ1) is 15.5. The molecular formula is C13H17IN4O. The number of nitrogens with one attached hydrogen (secondary N) is 2. The molecular weight excluding hydrogens is 355 g/mol. The molecule has 0 aliphatic heterocycles. The maximum atomic E-state index is 5.44. The summed E-state index contributed by atoms with van der Waals surface area (Å²) in [6.45, 7) is 0.573. The van der Waals surface area contributed by atoms with E-state index in [0.717, 1.165) is 17.2 Å². The fourth-order valence-electron chi connectivity index (χ4n) is 1.56. The van der Waals surface area contributed by atoms with Gasteiger partial charge in [-0.25, -0.2) is 4.98 Å². The van der Waals surface area contributed by atoms with Crippen LogP contribution in [-0.4, -0.2) is 25.0 Å². The molecule has 0 radical (unpaired) electrons. The Balaban J connectivity index is 0.00000180. The van der Waals surface area contributed by atoms with E-state index < -0.39 is 0 Å². The van der Waals surface area contributed by atoms with E-state index in [2.05, 4.69) is 20.6 Å². The first-order chi connectivity index (χ1) is 8.83. The minimum Gasteiger partial charge on any atom is -0.444 e. The average Bonchev–Trinajstić information content (AvgIpc) is 2.90. The van der Waals surface area contributed by atoms with Crippen molar-refractivity contribution in [2.45, 2.75) is 6.54 Å². The van der Waals surface area contributed by atoms with Gasteiger partial charge < -0.3 is 15.1 Å². The zero-order chi connectivity index (χ0) is 12.8. The first-order valence-electron chi connectivity index (χ1n) is 5.71. The van der Waals surface area contributed by atoms with Gasteiger partial charge in [-0.3, -0.25) is 4.99 Å². The topological polar surface area (TPSA) is 62.5 Å². The second-order valence-electron chi connectivity index (χ2n) is 3.69. The third-order valence-corrected chi connectivity index (χ3v) is 2.47. The lowest BCUT2D eigenvalue weighted by Crippen LogP contribution is -2.34. The highest BCUT2D eigenvalue weighted by Crippen LogP contribution is 2.17. The number of nitrogens with zero attached hydrogens (tertiary/aromatic N) is 2. The molecule has 0 atom stereocenters. The van der Waals surface area contributed by atoms with Crippen molar-refractivity contribution in [3.8, 4) is 11.5 Å². The predicted molar refractivity (Wildman–Crippen MR) is 86.6 cm³/mol. The van der Waals surface area contributed by atoms with Crippen molar-refractivity contribution >= 4 is 29.9 Å². The Labute approximate surface area is 129 Å². The van der Waals surface area contributed by atoms with Gasteiger partial charge >= 0.3 is 0 Å². The van der Waals surface area contributed by atoms with Crippen LogP contribution >= 0.6 is 24.0 Å². The number of guanidine groups is 1. The predicted octanol–water partition coefficient (Wildman–Crippen LogP) is 2.25. The van der Waals surface area contributed by atoms with Gasteiger partial charge in [0.2, 0.25) is 5.89 Å². The molecule has 0 spiro atoms. The molecule has 2 aromatic rings. The van der Waals surface area contributed by atoms with Gasteiger partial charge in [-0.1, -0.05) is 18.2 Å². The van der Waals surface area contributed by atoms with Gasteiger partial charge in [-0.15, -0.1) is 24.0 Å². The van der Waals surface area contributed by atoms with Crippen molar-refractivity contribution in [1.29, 1.82) is 0 Å². The molecule has 0 aliphatic rings. The lowest BCUT2D eigenvalue weighted by Gasteiger charge is -2.05.